The number of aromatic nitrogens is 3. The van der Waals surface area contributed by atoms with Crippen LogP contribution in [0.1, 0.15) is 91.3 Å². The van der Waals surface area contributed by atoms with E-state index in [0.29, 0.717) is 12.1 Å². The first-order chi connectivity index (χ1) is 36.3. The van der Waals surface area contributed by atoms with Crippen LogP contribution in [-0.4, -0.2) is 179 Å². The number of hydrogen-bond donors (Lipinski definition) is 15. The Labute approximate surface area is 444 Å². The van der Waals surface area contributed by atoms with Crippen molar-refractivity contribution in [1.82, 2.24) is 57.1 Å². The Hall–Kier alpha value is -7.49. The maximum atomic E-state index is 14.5. The number of aliphatic carboxylic acids is 1. The number of fused-ring (bicyclic) bond motifs is 1. The molecule has 27 heteroatoms. The normalized spacial score (nSPS) is 17.4. The Bertz CT molecular complexity index is 2530. The molecule has 0 unspecified atom stereocenters. The van der Waals surface area contributed by atoms with Crippen molar-refractivity contribution in [2.24, 2.45) is 23.3 Å². The second-order valence-electron chi connectivity index (χ2n) is 20.2. The summed E-state index contributed by atoms with van der Waals surface area (Å²) >= 11 is 0. The highest BCUT2D eigenvalue weighted by molar-refractivity contribution is 5.99. The number of carboxylic acid groups (broad SMARTS) is 1. The fourth-order valence-electron chi connectivity index (χ4n) is 8.76. The van der Waals surface area contributed by atoms with Gasteiger partial charge in [-0.3, -0.25) is 43.2 Å². The molecule has 2 aromatic heterocycles. The Morgan fingerprint density at radius 2 is 1.25 bits per heavy atom. The minimum Gasteiger partial charge on any atom is -0.480 e. The highest BCUT2D eigenvalue weighted by Gasteiger charge is 2.41. The van der Waals surface area contributed by atoms with E-state index in [4.69, 9.17) is 11.5 Å². The van der Waals surface area contributed by atoms with E-state index < -0.39 is 145 Å². The summed E-state index contributed by atoms with van der Waals surface area (Å²) < 4.78 is 0. The lowest BCUT2D eigenvalue weighted by Crippen LogP contribution is -2.63. The van der Waals surface area contributed by atoms with Gasteiger partial charge < -0.3 is 84.0 Å². The molecule has 1 saturated heterocycles. The van der Waals surface area contributed by atoms with Crippen molar-refractivity contribution >= 4 is 70.0 Å². The van der Waals surface area contributed by atoms with Gasteiger partial charge in [0.05, 0.1) is 31.2 Å². The van der Waals surface area contributed by atoms with Gasteiger partial charge in [0.2, 0.25) is 53.2 Å². The van der Waals surface area contributed by atoms with Crippen molar-refractivity contribution in [3.05, 3.63) is 54.2 Å². The van der Waals surface area contributed by atoms with Gasteiger partial charge in [-0.1, -0.05) is 45.9 Å². The molecule has 1 aromatic carbocycles. The van der Waals surface area contributed by atoms with Crippen LogP contribution >= 0.6 is 0 Å². The third-order valence-corrected chi connectivity index (χ3v) is 12.8. The Kier molecular flexibility index (Phi) is 23.5. The zero-order valence-electron chi connectivity index (χ0n) is 44.0. The molecule has 4 rings (SSSR count). The largest absolute Gasteiger partial charge is 0.480 e. The maximum absolute atomic E-state index is 14.5. The van der Waals surface area contributed by atoms with Crippen LogP contribution in [0.3, 0.4) is 0 Å². The number of aliphatic hydroxyl groups excluding tert-OH is 3. The number of primary amides is 1. The minimum atomic E-state index is -1.82. The fraction of sp³-hybridized carbons (Fsp3) is 0.580. The topological polar surface area (TPSA) is 436 Å². The van der Waals surface area contributed by atoms with Gasteiger partial charge in [-0.2, -0.15) is 0 Å². The van der Waals surface area contributed by atoms with Gasteiger partial charge in [0.1, 0.15) is 48.3 Å². The molecular formula is C50H75N13O14. The third-order valence-electron chi connectivity index (χ3n) is 12.8. The van der Waals surface area contributed by atoms with Crippen molar-refractivity contribution in [2.75, 3.05) is 13.2 Å². The number of nitrogens with one attached hydrogen (secondary N) is 9. The number of rotatable bonds is 30. The molecule has 424 valence electrons. The lowest BCUT2D eigenvalue weighted by Gasteiger charge is -2.31. The predicted molar refractivity (Wildman–Crippen MR) is 276 cm³/mol. The summed E-state index contributed by atoms with van der Waals surface area (Å²) in [6, 6.07) is -5.78. The number of carbonyl (C=O) groups excluding carboxylic acids is 9. The van der Waals surface area contributed by atoms with E-state index in [1.807, 2.05) is 24.3 Å². The molecule has 0 aliphatic carbocycles. The van der Waals surface area contributed by atoms with Crippen molar-refractivity contribution in [2.45, 2.75) is 159 Å². The van der Waals surface area contributed by atoms with Crippen LogP contribution in [0.5, 0.6) is 0 Å². The van der Waals surface area contributed by atoms with E-state index in [9.17, 15) is 68.4 Å². The lowest BCUT2D eigenvalue weighted by molar-refractivity contribution is -0.144. The number of aromatic amines is 2. The first kappa shape index (κ1) is 62.1. The average Bonchev–Trinajstić information content (AvgIpc) is 4.17. The zero-order chi connectivity index (χ0) is 57.3. The first-order valence-corrected chi connectivity index (χ1v) is 25.5. The number of imidazole rings is 1. The summed E-state index contributed by atoms with van der Waals surface area (Å²) in [5, 5.41) is 58.3. The van der Waals surface area contributed by atoms with E-state index in [1.54, 1.807) is 33.9 Å². The summed E-state index contributed by atoms with van der Waals surface area (Å²) in [6.45, 7) is 8.55. The average molecular weight is 1080 g/mol. The molecule has 9 amide bonds. The van der Waals surface area contributed by atoms with Crippen LogP contribution in [0.4, 0.5) is 0 Å². The molecule has 17 N–H and O–H groups in total. The smallest absolute Gasteiger partial charge is 0.328 e. The van der Waals surface area contributed by atoms with Crippen molar-refractivity contribution in [1.29, 1.82) is 0 Å². The molecule has 0 radical (unpaired) electrons. The van der Waals surface area contributed by atoms with E-state index in [1.165, 1.54) is 24.3 Å². The molecule has 1 fully saturated rings. The van der Waals surface area contributed by atoms with Crippen LogP contribution in [0.25, 0.3) is 10.9 Å². The lowest BCUT2D eigenvalue weighted by atomic mass is 10.0. The number of para-hydroxylation sites is 1. The van der Waals surface area contributed by atoms with Gasteiger partial charge in [-0.05, 0) is 75.8 Å². The van der Waals surface area contributed by atoms with E-state index >= 15 is 0 Å². The number of carbonyl (C=O) groups is 10. The molecule has 27 nitrogen and oxygen atoms in total. The van der Waals surface area contributed by atoms with Gasteiger partial charge in [-0.15, -0.1) is 0 Å². The van der Waals surface area contributed by atoms with E-state index in [2.05, 4.69) is 52.2 Å². The summed E-state index contributed by atoms with van der Waals surface area (Å²) in [5.74, 6) is -10.0. The number of aliphatic hydroxyl groups is 3. The summed E-state index contributed by atoms with van der Waals surface area (Å²) in [4.78, 5) is 146. The number of nitrogens with zero attached hydrogens (tertiary/aromatic N) is 2. The Balaban J connectivity index is 1.51. The zero-order valence-corrected chi connectivity index (χ0v) is 44.0. The number of benzene rings is 1. The molecule has 1 aliphatic heterocycles. The number of likely N-dealkylation sites (tertiary alicyclic amines) is 1. The van der Waals surface area contributed by atoms with Gasteiger partial charge in [0.25, 0.3) is 0 Å². The van der Waals surface area contributed by atoms with Gasteiger partial charge in [0, 0.05) is 48.4 Å². The summed E-state index contributed by atoms with van der Waals surface area (Å²) in [7, 11) is 0. The second-order valence-corrected chi connectivity index (χ2v) is 20.2. The van der Waals surface area contributed by atoms with E-state index in [0.717, 1.165) is 23.4 Å². The van der Waals surface area contributed by atoms with Crippen LogP contribution in [-0.2, 0) is 60.8 Å². The summed E-state index contributed by atoms with van der Waals surface area (Å²) in [6.07, 6.45) is 0.829. The number of hydrogen-bond acceptors (Lipinski definition) is 15. The molecule has 77 heavy (non-hydrogen) atoms. The quantitative estimate of drug-likeness (QED) is 0.0309. The number of carboxylic acids is 1. The number of amides is 9. The molecule has 0 saturated carbocycles. The monoisotopic (exact) mass is 1080 g/mol. The number of nitrogens with two attached hydrogens (primary N) is 2. The van der Waals surface area contributed by atoms with Crippen LogP contribution in [0.2, 0.25) is 0 Å². The molecule has 3 heterocycles. The van der Waals surface area contributed by atoms with Crippen molar-refractivity contribution < 1.29 is 68.4 Å². The predicted octanol–water partition coefficient (Wildman–Crippen LogP) is -3.42. The molecular weight excluding hydrogens is 1010 g/mol. The Morgan fingerprint density at radius 1 is 0.701 bits per heavy atom. The van der Waals surface area contributed by atoms with Crippen LogP contribution in [0, 0.1) is 11.8 Å². The molecule has 0 bridgehead atoms. The van der Waals surface area contributed by atoms with Crippen LogP contribution in [0.15, 0.2) is 43.0 Å². The third kappa shape index (κ3) is 18.4. The summed E-state index contributed by atoms with van der Waals surface area (Å²) in [5.41, 5.74) is 13.6. The molecule has 0 spiro atoms. The standard InChI is InChI=1S/C50H75N13O14/c1-24(2)16-34(44(70)59-36(19-29-21-53-23-55-29)49(75)63-15-9-12-38(63)46(72)58-35(17-25(3)4)45(71)60-37(22-64)50(76)77)57-43(69)33(13-14-39(52)67)56-47(73)40(26(5)65)62-48(74)41(27(6)66)61-42(68)31(51)18-28-20-54-32-11-8-7-10-30(28)32/h7-8,10-11,20-21,23-27,31,33-38,40-41,54,64-66H,9,12-19,22,51H2,1-6H3,(H2,52,67)(H,53,55)(H,56,73)(H,57,69)(H,58,72)(H,59,70)(H,60,71)(H,61,68)(H,62,74)(H,76,77)/t26-,27-,31+,33+,34+,35+,36+,37+,38+,40+,41+/m1/s1. The number of H-pyrrole nitrogens is 2. The minimum absolute atomic E-state index is 0.0314. The highest BCUT2D eigenvalue weighted by atomic mass is 16.4. The van der Waals surface area contributed by atoms with Gasteiger partial charge in [0.15, 0.2) is 0 Å². The first-order valence-electron chi connectivity index (χ1n) is 25.5. The molecule has 11 atom stereocenters. The molecule has 1 aliphatic rings. The van der Waals surface area contributed by atoms with E-state index in [-0.39, 0.29) is 50.5 Å². The van der Waals surface area contributed by atoms with Crippen LogP contribution < -0.4 is 48.7 Å². The highest BCUT2D eigenvalue weighted by Crippen LogP contribution is 2.22. The maximum Gasteiger partial charge on any atom is 0.328 e. The van der Waals surface area contributed by atoms with Crippen molar-refractivity contribution in [3.8, 4) is 0 Å². The second kappa shape index (κ2) is 29.1. The van der Waals surface area contributed by atoms with Crippen molar-refractivity contribution in [3.63, 3.8) is 0 Å². The molecule has 3 aromatic rings. The fourth-order valence-corrected chi connectivity index (χ4v) is 8.76. The SMILES string of the molecule is CC(C)C[C@H](NC(=O)[C@H](CCC(N)=O)NC(=O)[C@@H](NC(=O)[C@@H](NC(=O)[C@@H](N)Cc1c[nH]c2ccccc12)[C@@H](C)O)[C@@H](C)O)C(=O)N[C@@H](Cc1cnc[nH]1)C(=O)N1CCC[C@H]1C(=O)N[C@@H](CC(C)C)C(=O)N[C@@H](CO)C(=O)O. The van der Waals surface area contributed by atoms with Gasteiger partial charge in [-0.25, -0.2) is 9.78 Å². The Morgan fingerprint density at radius 3 is 1.81 bits per heavy atom. The van der Waals surface area contributed by atoms with Gasteiger partial charge >= 0.3 is 5.97 Å².